The summed E-state index contributed by atoms with van der Waals surface area (Å²) in [5.74, 6) is 1.49. The lowest BCUT2D eigenvalue weighted by molar-refractivity contribution is -0.116. The summed E-state index contributed by atoms with van der Waals surface area (Å²) in [7, 11) is 0. The van der Waals surface area contributed by atoms with Gasteiger partial charge >= 0.3 is 0 Å². The van der Waals surface area contributed by atoms with Crippen LogP contribution in [0.4, 0.5) is 5.69 Å². The van der Waals surface area contributed by atoms with Crippen molar-refractivity contribution in [3.63, 3.8) is 0 Å². The van der Waals surface area contributed by atoms with Gasteiger partial charge in [-0.25, -0.2) is 0 Å². The van der Waals surface area contributed by atoms with E-state index >= 15 is 0 Å². The first kappa shape index (κ1) is 28.4. The molecule has 4 nitrogen and oxygen atoms in total. The van der Waals surface area contributed by atoms with E-state index in [0.29, 0.717) is 17.7 Å². The summed E-state index contributed by atoms with van der Waals surface area (Å²) in [6, 6.07) is 32.1. The van der Waals surface area contributed by atoms with Crippen molar-refractivity contribution < 1.29 is 14.3 Å². The molecule has 0 fully saturated rings. The highest BCUT2D eigenvalue weighted by atomic mass is 16.5. The Morgan fingerprint density at radius 1 is 0.756 bits per heavy atom. The number of benzene rings is 4. The van der Waals surface area contributed by atoms with Crippen molar-refractivity contribution in [1.29, 1.82) is 0 Å². The van der Waals surface area contributed by atoms with Gasteiger partial charge in [-0.1, -0.05) is 106 Å². The molecule has 41 heavy (non-hydrogen) atoms. The lowest BCUT2D eigenvalue weighted by atomic mass is 9.84. The molecular weight excluding hydrogens is 506 g/mol. The molecule has 0 atom stereocenters. The number of ether oxygens (including phenoxy) is 1. The normalized spacial score (nSPS) is 12.7. The van der Waals surface area contributed by atoms with E-state index in [1.54, 1.807) is 0 Å². The van der Waals surface area contributed by atoms with Crippen molar-refractivity contribution in [1.82, 2.24) is 0 Å². The number of carbonyl (C=O) groups excluding carboxylic acids is 2. The van der Waals surface area contributed by atoms with Gasteiger partial charge < -0.3 is 10.1 Å². The number of amides is 1. The zero-order valence-corrected chi connectivity index (χ0v) is 24.3. The zero-order valence-electron chi connectivity index (χ0n) is 24.3. The van der Waals surface area contributed by atoms with Gasteiger partial charge in [0.05, 0.1) is 0 Å². The first-order valence-electron chi connectivity index (χ1n) is 14.7. The van der Waals surface area contributed by atoms with E-state index in [0.717, 1.165) is 53.9 Å². The zero-order chi connectivity index (χ0) is 28.8. The quantitative estimate of drug-likeness (QED) is 0.160. The van der Waals surface area contributed by atoms with Crippen LogP contribution >= 0.6 is 0 Å². The van der Waals surface area contributed by atoms with Crippen LogP contribution in [-0.4, -0.2) is 11.7 Å². The van der Waals surface area contributed by atoms with E-state index in [9.17, 15) is 9.59 Å². The van der Waals surface area contributed by atoms with Gasteiger partial charge in [-0.05, 0) is 54.0 Å². The molecule has 0 aromatic heterocycles. The summed E-state index contributed by atoms with van der Waals surface area (Å²) < 4.78 is 6.11. The van der Waals surface area contributed by atoms with Crippen molar-refractivity contribution in [2.24, 2.45) is 0 Å². The fourth-order valence-corrected chi connectivity index (χ4v) is 5.67. The highest BCUT2D eigenvalue weighted by molar-refractivity contribution is 5.99. The number of ketones is 1. The van der Waals surface area contributed by atoms with Gasteiger partial charge in [0.25, 0.3) is 0 Å². The summed E-state index contributed by atoms with van der Waals surface area (Å²) in [5.41, 5.74) is 5.54. The van der Waals surface area contributed by atoms with E-state index in [-0.39, 0.29) is 29.4 Å². The topological polar surface area (TPSA) is 55.4 Å². The second-order valence-electron chi connectivity index (χ2n) is 12.0. The van der Waals surface area contributed by atoms with Gasteiger partial charge in [0.1, 0.15) is 11.5 Å². The van der Waals surface area contributed by atoms with Gasteiger partial charge in [0, 0.05) is 41.1 Å². The van der Waals surface area contributed by atoms with Crippen LogP contribution in [0.1, 0.15) is 91.4 Å². The summed E-state index contributed by atoms with van der Waals surface area (Å²) in [6.07, 6.45) is 4.76. The van der Waals surface area contributed by atoms with Gasteiger partial charge in [0.15, 0.2) is 5.78 Å². The van der Waals surface area contributed by atoms with Crippen molar-refractivity contribution >= 4 is 17.4 Å². The third kappa shape index (κ3) is 6.94. The second kappa shape index (κ2) is 12.6. The average molecular weight is 546 g/mol. The van der Waals surface area contributed by atoms with E-state index in [2.05, 4.69) is 50.4 Å². The van der Waals surface area contributed by atoms with E-state index in [4.69, 9.17) is 4.74 Å². The predicted molar refractivity (Wildman–Crippen MR) is 166 cm³/mol. The van der Waals surface area contributed by atoms with Crippen LogP contribution in [0.5, 0.6) is 11.5 Å². The molecule has 1 aliphatic rings. The molecular formula is C37H39NO3. The number of nitrogens with one attached hydrogen (secondary N) is 1. The predicted octanol–water partition coefficient (Wildman–Crippen LogP) is 9.24. The Morgan fingerprint density at radius 3 is 2.05 bits per heavy atom. The molecule has 4 heteroatoms. The number of hydrogen-bond acceptors (Lipinski definition) is 3. The lowest BCUT2D eigenvalue weighted by Gasteiger charge is -2.28. The molecule has 0 aliphatic carbocycles. The molecule has 0 saturated carbocycles. The standard InChI is InChI=1S/C37H39NO3/c1-37(2,3)31-23-22-27(33(39)19-9-5-8-16-26-14-6-4-7-15-26)24-32(31)38-36(40)25-30-28-17-10-12-20-34(28)41-35-21-13-11-18-29(30)35/h4,6-7,10-15,17-18,20-24,30H,5,8-9,16,19,25H2,1-3H3,(H,38,40). The van der Waals surface area contributed by atoms with Gasteiger partial charge in [-0.15, -0.1) is 0 Å². The third-order valence-electron chi connectivity index (χ3n) is 7.83. The van der Waals surface area contributed by atoms with E-state index < -0.39 is 0 Å². The maximum Gasteiger partial charge on any atom is 0.225 e. The Hall–Kier alpha value is -4.18. The Bertz CT molecular complexity index is 1470. The summed E-state index contributed by atoms with van der Waals surface area (Å²) in [4.78, 5) is 26.7. The first-order chi connectivity index (χ1) is 19.8. The maximum absolute atomic E-state index is 13.6. The highest BCUT2D eigenvalue weighted by Gasteiger charge is 2.29. The molecule has 4 aromatic carbocycles. The van der Waals surface area contributed by atoms with E-state index in [1.807, 2.05) is 72.8 Å². The number of anilines is 1. The fourth-order valence-electron chi connectivity index (χ4n) is 5.67. The molecule has 1 amide bonds. The number of rotatable bonds is 10. The second-order valence-corrected chi connectivity index (χ2v) is 12.0. The number of para-hydroxylation sites is 2. The van der Waals surface area contributed by atoms with Crippen molar-refractivity contribution in [3.05, 3.63) is 125 Å². The van der Waals surface area contributed by atoms with Crippen LogP contribution in [-0.2, 0) is 16.6 Å². The van der Waals surface area contributed by atoms with Gasteiger partial charge in [-0.3, -0.25) is 9.59 Å². The number of fused-ring (bicyclic) bond motifs is 2. The molecule has 1 aliphatic heterocycles. The van der Waals surface area contributed by atoms with Gasteiger partial charge in [-0.2, -0.15) is 0 Å². The minimum Gasteiger partial charge on any atom is -0.457 e. The van der Waals surface area contributed by atoms with Crippen LogP contribution in [0.15, 0.2) is 97.1 Å². The minimum atomic E-state index is -0.195. The number of unbranched alkanes of at least 4 members (excludes halogenated alkanes) is 2. The number of Topliss-reactive ketones (excluding diaryl/α,β-unsaturated/α-hetero) is 1. The Morgan fingerprint density at radius 2 is 1.39 bits per heavy atom. The molecule has 5 rings (SSSR count). The van der Waals surface area contributed by atoms with Crippen LogP contribution in [0.25, 0.3) is 0 Å². The SMILES string of the molecule is CC(C)(C)c1ccc(C(=O)CCCCCc2ccccc2)cc1NC(=O)CC1c2ccccc2Oc2ccccc21. The van der Waals surface area contributed by atoms with Crippen LogP contribution < -0.4 is 10.1 Å². The Kier molecular flexibility index (Phi) is 8.68. The molecule has 0 spiro atoms. The Balaban J connectivity index is 1.28. The molecule has 0 saturated heterocycles. The molecule has 0 radical (unpaired) electrons. The minimum absolute atomic E-state index is 0.0856. The molecule has 0 unspecified atom stereocenters. The van der Waals surface area contributed by atoms with E-state index in [1.165, 1.54) is 5.56 Å². The van der Waals surface area contributed by atoms with Crippen LogP contribution in [0, 0.1) is 0 Å². The van der Waals surface area contributed by atoms with Crippen LogP contribution in [0.2, 0.25) is 0 Å². The Labute approximate surface area is 243 Å². The van der Waals surface area contributed by atoms with Crippen LogP contribution in [0.3, 0.4) is 0 Å². The molecule has 210 valence electrons. The maximum atomic E-state index is 13.6. The van der Waals surface area contributed by atoms with Crippen molar-refractivity contribution in [2.75, 3.05) is 5.32 Å². The molecule has 1 heterocycles. The average Bonchev–Trinajstić information content (AvgIpc) is 2.96. The first-order valence-corrected chi connectivity index (χ1v) is 14.7. The smallest absolute Gasteiger partial charge is 0.225 e. The third-order valence-corrected chi connectivity index (χ3v) is 7.83. The lowest BCUT2D eigenvalue weighted by Crippen LogP contribution is -2.22. The molecule has 1 N–H and O–H groups in total. The summed E-state index contributed by atoms with van der Waals surface area (Å²) >= 11 is 0. The molecule has 0 bridgehead atoms. The van der Waals surface area contributed by atoms with Gasteiger partial charge in [0.2, 0.25) is 5.91 Å². The highest BCUT2D eigenvalue weighted by Crippen LogP contribution is 2.45. The largest absolute Gasteiger partial charge is 0.457 e. The summed E-state index contributed by atoms with van der Waals surface area (Å²) in [6.45, 7) is 6.37. The van der Waals surface area contributed by atoms with Crippen molar-refractivity contribution in [2.45, 2.75) is 70.6 Å². The molecule has 4 aromatic rings. The summed E-state index contributed by atoms with van der Waals surface area (Å²) in [5, 5.41) is 3.18. The number of hydrogen-bond donors (Lipinski definition) is 1. The number of carbonyl (C=O) groups is 2. The fraction of sp³-hybridized carbons (Fsp3) is 0.297. The number of aryl methyl sites for hydroxylation is 1. The monoisotopic (exact) mass is 545 g/mol. The van der Waals surface area contributed by atoms with Crippen molar-refractivity contribution in [3.8, 4) is 11.5 Å².